The topological polar surface area (TPSA) is 44.6 Å². The van der Waals surface area contributed by atoms with E-state index in [0.29, 0.717) is 6.04 Å². The summed E-state index contributed by atoms with van der Waals surface area (Å²) >= 11 is 0. The normalized spacial score (nSPS) is 23.9. The highest BCUT2D eigenvalue weighted by molar-refractivity contribution is 5.83. The van der Waals surface area contributed by atoms with Gasteiger partial charge in [0.1, 0.15) is 6.04 Å². The van der Waals surface area contributed by atoms with E-state index in [2.05, 4.69) is 40.6 Å². The lowest BCUT2D eigenvalue weighted by atomic mass is 9.99. The zero-order chi connectivity index (χ0) is 16.6. The molecule has 2 aliphatic heterocycles. The molecule has 0 radical (unpaired) electrons. The van der Waals surface area contributed by atoms with Crippen molar-refractivity contribution in [1.82, 2.24) is 24.3 Å². The maximum Gasteiger partial charge on any atom is 0.246 e. The number of nitrogens with zero attached hydrogens (tertiary/aromatic N) is 5. The zero-order valence-corrected chi connectivity index (χ0v) is 14.8. The Kier molecular flexibility index (Phi) is 4.73. The number of fused-ring (bicyclic) bond motifs is 1. The maximum absolute atomic E-state index is 13.4. The number of hydrogen-bond donors (Lipinski definition) is 0. The van der Waals surface area contributed by atoms with E-state index in [4.69, 9.17) is 0 Å². The second kappa shape index (κ2) is 6.61. The quantitative estimate of drug-likeness (QED) is 0.812. The van der Waals surface area contributed by atoms with E-state index in [-0.39, 0.29) is 11.9 Å². The van der Waals surface area contributed by atoms with Crippen LogP contribution in [0.4, 0.5) is 0 Å². The van der Waals surface area contributed by atoms with E-state index in [9.17, 15) is 4.79 Å². The molecule has 23 heavy (non-hydrogen) atoms. The van der Waals surface area contributed by atoms with E-state index < -0.39 is 0 Å². The minimum Gasteiger partial charge on any atom is -0.340 e. The summed E-state index contributed by atoms with van der Waals surface area (Å²) in [5.74, 6) is 0.249. The van der Waals surface area contributed by atoms with Crippen molar-refractivity contribution >= 4 is 5.91 Å². The van der Waals surface area contributed by atoms with E-state index in [0.717, 1.165) is 57.0 Å². The smallest absolute Gasteiger partial charge is 0.246 e. The van der Waals surface area contributed by atoms with Crippen molar-refractivity contribution in [1.29, 1.82) is 0 Å². The highest BCUT2D eigenvalue weighted by atomic mass is 16.2. The van der Waals surface area contributed by atoms with Gasteiger partial charge < -0.3 is 14.4 Å². The van der Waals surface area contributed by atoms with E-state index in [1.807, 2.05) is 17.9 Å². The van der Waals surface area contributed by atoms with Crippen LogP contribution in [-0.4, -0.2) is 76.0 Å². The summed E-state index contributed by atoms with van der Waals surface area (Å²) < 4.78 is 2.04. The third-order valence-electron chi connectivity index (χ3n) is 5.19. The first-order chi connectivity index (χ1) is 11.0. The highest BCUT2D eigenvalue weighted by Crippen LogP contribution is 2.32. The molecule has 3 rings (SSSR count). The Morgan fingerprint density at radius 3 is 2.70 bits per heavy atom. The van der Waals surface area contributed by atoms with Crippen LogP contribution in [0, 0.1) is 0 Å². The van der Waals surface area contributed by atoms with Crippen molar-refractivity contribution < 1.29 is 4.79 Å². The van der Waals surface area contributed by atoms with Gasteiger partial charge in [0.15, 0.2) is 0 Å². The first kappa shape index (κ1) is 16.5. The summed E-state index contributed by atoms with van der Waals surface area (Å²) in [5, 5.41) is 0. The van der Waals surface area contributed by atoms with Crippen LogP contribution in [-0.2, 0) is 18.3 Å². The molecule has 128 valence electrons. The molecule has 1 atom stereocenters. The largest absolute Gasteiger partial charge is 0.340 e. The van der Waals surface area contributed by atoms with Crippen molar-refractivity contribution in [3.63, 3.8) is 0 Å². The zero-order valence-electron chi connectivity index (χ0n) is 14.8. The summed E-state index contributed by atoms with van der Waals surface area (Å²) in [5.41, 5.74) is 2.18. The predicted octanol–water partition coefficient (Wildman–Crippen LogP) is 0.892. The van der Waals surface area contributed by atoms with Gasteiger partial charge in [-0.2, -0.15) is 0 Å². The fourth-order valence-electron chi connectivity index (χ4n) is 3.81. The Bertz CT molecular complexity index is 567. The molecule has 2 aliphatic rings. The summed E-state index contributed by atoms with van der Waals surface area (Å²) in [7, 11) is 4.14. The molecular formula is C17H29N5O. The van der Waals surface area contributed by atoms with E-state index in [1.54, 1.807) is 0 Å². The maximum atomic E-state index is 13.4. The van der Waals surface area contributed by atoms with E-state index in [1.165, 1.54) is 0 Å². The Balaban J connectivity index is 1.90. The first-order valence-corrected chi connectivity index (χ1v) is 8.72. The van der Waals surface area contributed by atoms with Gasteiger partial charge in [-0.05, 0) is 33.9 Å². The average Bonchev–Trinajstić information content (AvgIpc) is 2.76. The summed E-state index contributed by atoms with van der Waals surface area (Å²) in [6.45, 7) is 8.98. The molecule has 0 aromatic carbocycles. The number of aryl methyl sites for hydroxylation is 1. The summed E-state index contributed by atoms with van der Waals surface area (Å²) in [6, 6.07) is 0.163. The molecule has 3 heterocycles. The van der Waals surface area contributed by atoms with E-state index >= 15 is 0 Å². The van der Waals surface area contributed by atoms with Crippen LogP contribution in [0.15, 0.2) is 6.33 Å². The monoisotopic (exact) mass is 319 g/mol. The molecule has 1 fully saturated rings. The number of likely N-dealkylation sites (N-methyl/N-ethyl adjacent to an activating group) is 1. The van der Waals surface area contributed by atoms with Gasteiger partial charge in [0, 0.05) is 45.7 Å². The van der Waals surface area contributed by atoms with Gasteiger partial charge in [-0.25, -0.2) is 4.98 Å². The number of imidazole rings is 1. The predicted molar refractivity (Wildman–Crippen MR) is 90.2 cm³/mol. The molecular weight excluding hydrogens is 290 g/mol. The van der Waals surface area contributed by atoms with Crippen molar-refractivity contribution in [2.24, 2.45) is 7.05 Å². The minimum absolute atomic E-state index is 0.186. The van der Waals surface area contributed by atoms with Gasteiger partial charge in [-0.15, -0.1) is 0 Å². The number of carbonyl (C=O) groups is 1. The van der Waals surface area contributed by atoms with Gasteiger partial charge in [0.25, 0.3) is 0 Å². The van der Waals surface area contributed by atoms with Crippen molar-refractivity contribution in [2.45, 2.75) is 38.8 Å². The fourth-order valence-corrected chi connectivity index (χ4v) is 3.81. The van der Waals surface area contributed by atoms with Gasteiger partial charge in [-0.1, -0.05) is 0 Å². The van der Waals surface area contributed by atoms with Crippen LogP contribution >= 0.6 is 0 Å². The first-order valence-electron chi connectivity index (χ1n) is 8.72. The Labute approximate surface area is 139 Å². The van der Waals surface area contributed by atoms with Crippen molar-refractivity contribution in [3.8, 4) is 0 Å². The summed E-state index contributed by atoms with van der Waals surface area (Å²) in [6.07, 6.45) is 3.83. The Hall–Kier alpha value is -1.40. The molecule has 1 unspecified atom stereocenters. The molecule has 1 amide bonds. The molecule has 1 saturated heterocycles. The highest BCUT2D eigenvalue weighted by Gasteiger charge is 2.39. The standard InChI is InChI=1S/C17H29N5O/c1-13(2)22-9-6-14-15(20(4)12-18-14)16(22)17(23)21-8-5-7-19(3)10-11-21/h12-13,16H,5-11H2,1-4H3. The SMILES string of the molecule is CC(C)N1CCc2ncn(C)c2C1C(=O)N1CCCN(C)CC1. The number of amides is 1. The third-order valence-corrected chi connectivity index (χ3v) is 5.19. The van der Waals surface area contributed by atoms with Crippen LogP contribution in [0.25, 0.3) is 0 Å². The molecule has 0 bridgehead atoms. The molecule has 0 aliphatic carbocycles. The van der Waals surface area contributed by atoms with Gasteiger partial charge in [-0.3, -0.25) is 9.69 Å². The lowest BCUT2D eigenvalue weighted by molar-refractivity contribution is -0.138. The number of carbonyl (C=O) groups excluding carboxylic acids is 1. The van der Waals surface area contributed by atoms with Crippen LogP contribution in [0.5, 0.6) is 0 Å². The number of aromatic nitrogens is 2. The van der Waals surface area contributed by atoms with Gasteiger partial charge in [0.05, 0.1) is 17.7 Å². The molecule has 6 heteroatoms. The van der Waals surface area contributed by atoms with Crippen molar-refractivity contribution in [2.75, 3.05) is 39.8 Å². The average molecular weight is 319 g/mol. The Morgan fingerprint density at radius 1 is 1.17 bits per heavy atom. The van der Waals surface area contributed by atoms with Gasteiger partial charge >= 0.3 is 0 Å². The molecule has 0 spiro atoms. The third kappa shape index (κ3) is 3.15. The molecule has 0 N–H and O–H groups in total. The van der Waals surface area contributed by atoms with Crippen molar-refractivity contribution in [3.05, 3.63) is 17.7 Å². The van der Waals surface area contributed by atoms with Crippen LogP contribution in [0.1, 0.15) is 37.7 Å². The fraction of sp³-hybridized carbons (Fsp3) is 0.765. The number of hydrogen-bond acceptors (Lipinski definition) is 4. The summed E-state index contributed by atoms with van der Waals surface area (Å²) in [4.78, 5) is 24.6. The van der Waals surface area contributed by atoms with Crippen LogP contribution in [0.3, 0.4) is 0 Å². The minimum atomic E-state index is -0.186. The molecule has 6 nitrogen and oxygen atoms in total. The van der Waals surface area contributed by atoms with Gasteiger partial charge in [0.2, 0.25) is 5.91 Å². The molecule has 0 saturated carbocycles. The van der Waals surface area contributed by atoms with Crippen LogP contribution in [0.2, 0.25) is 0 Å². The lowest BCUT2D eigenvalue weighted by Gasteiger charge is -2.40. The lowest BCUT2D eigenvalue weighted by Crippen LogP contribution is -2.50. The second-order valence-corrected chi connectivity index (χ2v) is 7.15. The second-order valence-electron chi connectivity index (χ2n) is 7.15. The molecule has 1 aromatic heterocycles. The van der Waals surface area contributed by atoms with Crippen LogP contribution < -0.4 is 0 Å². The number of rotatable bonds is 2. The Morgan fingerprint density at radius 2 is 1.96 bits per heavy atom. The molecule has 1 aromatic rings.